The Kier molecular flexibility index (Phi) is 21.9. The van der Waals surface area contributed by atoms with Gasteiger partial charge in [-0.25, -0.2) is 15.0 Å². The van der Waals surface area contributed by atoms with Crippen LogP contribution in [0.25, 0.3) is 65.4 Å². The van der Waals surface area contributed by atoms with Gasteiger partial charge >= 0.3 is 0 Å². The maximum absolute atomic E-state index is 10.6. The van der Waals surface area contributed by atoms with Crippen molar-refractivity contribution in [2.45, 2.75) is 47.3 Å². The molecule has 15 rings (SSSR count). The molecule has 3 aliphatic heterocycles. The number of nitrogens with one attached hydrogen (secondary N) is 3. The molecule has 0 atom stereocenters. The third kappa shape index (κ3) is 17.0. The molecule has 0 amide bonds. The van der Waals surface area contributed by atoms with Gasteiger partial charge in [0.2, 0.25) is 0 Å². The summed E-state index contributed by atoms with van der Waals surface area (Å²) in [7, 11) is 8.59. The second kappa shape index (κ2) is 31.2. The van der Waals surface area contributed by atoms with E-state index >= 15 is 0 Å². The van der Waals surface area contributed by atoms with Crippen LogP contribution in [0.1, 0.15) is 38.9 Å². The summed E-state index contributed by atoms with van der Waals surface area (Å²) in [6, 6.07) is 54.8. The Balaban J connectivity index is 0.000000135. The van der Waals surface area contributed by atoms with Crippen LogP contribution in [-0.4, -0.2) is 179 Å². The zero-order chi connectivity index (χ0) is 69.7. The molecule has 0 bridgehead atoms. The number of nitrogens with zero attached hydrogens (tertiary/aromatic N) is 10. The van der Waals surface area contributed by atoms with Crippen molar-refractivity contribution in [1.29, 1.82) is 0 Å². The van der Waals surface area contributed by atoms with Gasteiger partial charge < -0.3 is 40.9 Å². The predicted molar refractivity (Wildman–Crippen MR) is 420 cm³/mol. The van der Waals surface area contributed by atoms with Crippen LogP contribution in [0, 0.1) is 27.7 Å². The number of pyridine rings is 3. The van der Waals surface area contributed by atoms with Gasteiger partial charge in [-0.15, -0.1) is 0 Å². The van der Waals surface area contributed by atoms with Crippen molar-refractivity contribution < 1.29 is 10.2 Å². The molecule has 0 unspecified atom stereocenters. The van der Waals surface area contributed by atoms with E-state index in [1.165, 1.54) is 27.8 Å². The molecular weight excluding hydrogens is 1310 g/mol. The van der Waals surface area contributed by atoms with Crippen molar-refractivity contribution in [1.82, 2.24) is 49.3 Å². The summed E-state index contributed by atoms with van der Waals surface area (Å²) in [6.45, 7) is 25.9. The van der Waals surface area contributed by atoms with Gasteiger partial charge in [0.1, 0.15) is 11.5 Å². The van der Waals surface area contributed by atoms with Gasteiger partial charge in [0, 0.05) is 187 Å². The van der Waals surface area contributed by atoms with Crippen LogP contribution in [0.2, 0.25) is 15.1 Å². The zero-order valence-corrected chi connectivity index (χ0v) is 60.9. The molecule has 0 radical (unpaired) electrons. The van der Waals surface area contributed by atoms with E-state index < -0.39 is 0 Å². The van der Waals surface area contributed by atoms with Gasteiger partial charge in [0.15, 0.2) is 0 Å². The molecule has 3 aromatic heterocycles. The molecule has 516 valence electrons. The fourth-order valence-corrected chi connectivity index (χ4v) is 14.2. The number of phenolic OH excluding ortho intramolecular Hbond substituents is 2. The molecule has 100 heavy (non-hydrogen) atoms. The number of aromatic nitrogens is 3. The molecule has 3 saturated heterocycles. The third-order valence-electron chi connectivity index (χ3n) is 19.7. The number of aryl methyl sites for hydroxylation is 4. The monoisotopic (exact) mass is 1390 g/mol. The molecule has 6 heterocycles. The van der Waals surface area contributed by atoms with E-state index in [-0.39, 0.29) is 0 Å². The Morgan fingerprint density at radius 2 is 0.690 bits per heavy atom. The van der Waals surface area contributed by atoms with Gasteiger partial charge in [0.25, 0.3) is 0 Å². The number of fused-ring (bicyclic) bond motifs is 6. The maximum atomic E-state index is 10.6. The average Bonchev–Trinajstić information content (AvgIpc) is 0.777. The van der Waals surface area contributed by atoms with Crippen LogP contribution >= 0.6 is 34.8 Å². The Morgan fingerprint density at radius 3 is 1.06 bits per heavy atom. The Bertz CT molecular complexity index is 4750. The lowest BCUT2D eigenvalue weighted by Crippen LogP contribution is -2.47. The second-order valence-corrected chi connectivity index (χ2v) is 29.1. The number of likely N-dealkylation sites (N-methyl/N-ethyl adjacent to an activating group) is 3. The lowest BCUT2D eigenvalue weighted by atomic mass is 10.0. The predicted octanol–water partition coefficient (Wildman–Crippen LogP) is 17.2. The van der Waals surface area contributed by atoms with Crippen LogP contribution in [0.5, 0.6) is 11.5 Å². The van der Waals surface area contributed by atoms with E-state index in [1.54, 1.807) is 12.1 Å². The van der Waals surface area contributed by atoms with Crippen LogP contribution in [0.3, 0.4) is 0 Å². The first kappa shape index (κ1) is 70.0. The number of phenols is 2. The molecule has 0 spiro atoms. The number of rotatable bonds is 15. The highest BCUT2D eigenvalue weighted by Crippen LogP contribution is 2.40. The molecule has 0 aliphatic carbocycles. The molecule has 12 aromatic rings. The highest BCUT2D eigenvalue weighted by molar-refractivity contribution is 6.32. The fraction of sp³-hybridized carbons (Fsp3) is 0.305. The number of aromatic hydroxyl groups is 2. The normalized spacial score (nSPS) is 15.4. The fourth-order valence-electron chi connectivity index (χ4n) is 13.7. The topological polar surface area (TPSA) is 138 Å². The van der Waals surface area contributed by atoms with Crippen molar-refractivity contribution in [2.24, 2.45) is 0 Å². The zero-order valence-electron chi connectivity index (χ0n) is 58.6. The summed E-state index contributed by atoms with van der Waals surface area (Å²) < 4.78 is 0. The number of benzene rings is 9. The minimum absolute atomic E-state index is 0.335. The first-order valence-corrected chi connectivity index (χ1v) is 35.9. The van der Waals surface area contributed by atoms with Crippen LogP contribution < -0.4 is 16.0 Å². The van der Waals surface area contributed by atoms with Crippen molar-refractivity contribution >= 4 is 134 Å². The second-order valence-electron chi connectivity index (χ2n) is 27.8. The molecular formula is C82H90Cl3N13O2. The van der Waals surface area contributed by atoms with Gasteiger partial charge in [-0.3, -0.25) is 19.6 Å². The van der Waals surface area contributed by atoms with Crippen molar-refractivity contribution in [2.75, 3.05) is 136 Å². The van der Waals surface area contributed by atoms with Crippen LogP contribution in [-0.2, 0) is 19.6 Å². The summed E-state index contributed by atoms with van der Waals surface area (Å²) >= 11 is 18.8. The highest BCUT2D eigenvalue weighted by Gasteiger charge is 2.22. The lowest BCUT2D eigenvalue weighted by Gasteiger charge is -2.35. The van der Waals surface area contributed by atoms with Crippen molar-refractivity contribution in [3.05, 3.63) is 218 Å². The number of anilines is 6. The summed E-state index contributed by atoms with van der Waals surface area (Å²) in [5.41, 5.74) is 19.6. The molecule has 9 aromatic carbocycles. The summed E-state index contributed by atoms with van der Waals surface area (Å²) in [4.78, 5) is 31.4. The Morgan fingerprint density at radius 1 is 0.360 bits per heavy atom. The molecule has 0 saturated carbocycles. The molecule has 15 nitrogen and oxygen atoms in total. The van der Waals surface area contributed by atoms with Crippen LogP contribution in [0.4, 0.5) is 34.1 Å². The Hall–Kier alpha value is -8.42. The van der Waals surface area contributed by atoms with Gasteiger partial charge in [-0.2, -0.15) is 0 Å². The number of hydrogen-bond acceptors (Lipinski definition) is 15. The number of piperazine rings is 3. The van der Waals surface area contributed by atoms with Crippen molar-refractivity contribution in [3.63, 3.8) is 0 Å². The van der Waals surface area contributed by atoms with E-state index in [0.29, 0.717) is 26.6 Å². The number of halogens is 3. The van der Waals surface area contributed by atoms with Gasteiger partial charge in [0.05, 0.1) is 50.2 Å². The first-order chi connectivity index (χ1) is 48.3. The van der Waals surface area contributed by atoms with Crippen molar-refractivity contribution in [3.8, 4) is 11.5 Å². The van der Waals surface area contributed by atoms with Gasteiger partial charge in [-0.1, -0.05) is 75.8 Å². The molecule has 18 heteroatoms. The third-order valence-corrected chi connectivity index (χ3v) is 20.4. The summed E-state index contributed by atoms with van der Waals surface area (Å²) in [5.74, 6) is 0.671. The van der Waals surface area contributed by atoms with Crippen LogP contribution in [0.15, 0.2) is 164 Å². The van der Waals surface area contributed by atoms with E-state index in [0.717, 1.165) is 222 Å². The smallest absolute Gasteiger partial charge is 0.120 e. The maximum Gasteiger partial charge on any atom is 0.120 e. The van der Waals surface area contributed by atoms with E-state index in [1.807, 2.05) is 66.7 Å². The molecule has 3 fully saturated rings. The minimum Gasteiger partial charge on any atom is -0.508 e. The van der Waals surface area contributed by atoms with E-state index in [4.69, 9.17) is 49.8 Å². The summed E-state index contributed by atoms with van der Waals surface area (Å²) in [5, 5.41) is 40.6. The van der Waals surface area contributed by atoms with E-state index in [2.05, 4.69) is 191 Å². The Labute approximate surface area is 602 Å². The summed E-state index contributed by atoms with van der Waals surface area (Å²) in [6.07, 6.45) is 0. The largest absolute Gasteiger partial charge is 0.508 e. The average molecular weight is 1400 g/mol. The first-order valence-electron chi connectivity index (χ1n) is 34.7. The van der Waals surface area contributed by atoms with Gasteiger partial charge in [-0.05, 0) is 207 Å². The SMILES string of the molecule is Cc1ccc2nc3cc(Cl)ccc3c(Nc3ccc(C)c(CN4CCN(C)CC4)c3)c2c1.Cc1ccc2nc3cc(Cl)ccc3c(Nc3ccc(O)c(CN4CCN(C)CC4)c3)c2c1.Cc1ccc2nc3cc(Cl)ccc3c(Nc3ccc(O)c(CN4CCN(CCN(C)C)CC4)c3)c2c1. The molecule has 5 N–H and O–H groups in total. The lowest BCUT2D eigenvalue weighted by molar-refractivity contribution is 0.120. The quantitative estimate of drug-likeness (QED) is 0.0491. The van der Waals surface area contributed by atoms with E-state index in [9.17, 15) is 10.2 Å². The molecule has 3 aliphatic rings. The number of hydrogen-bond donors (Lipinski definition) is 5. The standard InChI is InChI=1S/C29H34ClN5O.C27H29ClN4.C26H27ClN4O/c1-20-4-8-26-25(16-20)29(24-7-5-22(30)18-27(24)32-26)31-23-6-9-28(36)21(17-23)19-35-14-12-34(13-15-35)11-10-33(2)3;1-18-4-9-25-24(14-18)27(23-8-6-21(28)16-26(23)30-25)29-22-7-5-19(2)20(15-22)17-32-12-10-31(3)11-13-32;1-17-3-7-23-22(13-17)26(21-6-4-19(27)15-24(21)29-23)28-20-5-8-25(32)18(14-20)16-31-11-9-30(2)10-12-31/h4-9,16-18,36H,10-15,19H2,1-3H3,(H,31,32);4-9,14-16H,10-13,17H2,1-3H3,(H,29,30);3-8,13-15,32H,9-12,16H2,1-2H3,(H,28,29). The highest BCUT2D eigenvalue weighted by atomic mass is 35.5. The minimum atomic E-state index is 0.335.